The maximum Gasteiger partial charge on any atom is 0.269 e. The number of benzene rings is 2. The SMILES string of the molecule is O=C(NCc1ccccc1)c1cc(-c2ccccc2Cl)n[nH]1. The number of aromatic amines is 1. The van der Waals surface area contributed by atoms with E-state index in [-0.39, 0.29) is 5.91 Å². The molecule has 2 aromatic carbocycles. The van der Waals surface area contributed by atoms with Crippen molar-refractivity contribution in [3.63, 3.8) is 0 Å². The van der Waals surface area contributed by atoms with Crippen LogP contribution >= 0.6 is 11.6 Å². The van der Waals surface area contributed by atoms with Crippen LogP contribution in [0, 0.1) is 0 Å². The van der Waals surface area contributed by atoms with Gasteiger partial charge in [0.15, 0.2) is 0 Å². The van der Waals surface area contributed by atoms with Crippen LogP contribution in [0.1, 0.15) is 16.1 Å². The summed E-state index contributed by atoms with van der Waals surface area (Å²) in [5.74, 6) is -0.199. The largest absolute Gasteiger partial charge is 0.347 e. The number of halogens is 1. The fourth-order valence-electron chi connectivity index (χ4n) is 2.12. The van der Waals surface area contributed by atoms with Crippen molar-refractivity contribution in [3.8, 4) is 11.3 Å². The lowest BCUT2D eigenvalue weighted by Crippen LogP contribution is -2.23. The summed E-state index contributed by atoms with van der Waals surface area (Å²) < 4.78 is 0. The highest BCUT2D eigenvalue weighted by molar-refractivity contribution is 6.33. The quantitative estimate of drug-likeness (QED) is 0.772. The third-order valence-electron chi connectivity index (χ3n) is 3.27. The summed E-state index contributed by atoms with van der Waals surface area (Å²) in [4.78, 5) is 12.1. The number of amides is 1. The Morgan fingerprint density at radius 3 is 2.59 bits per heavy atom. The Kier molecular flexibility index (Phi) is 4.21. The standard InChI is InChI=1S/C17H14ClN3O/c18-14-9-5-4-8-13(14)15-10-16(21-20-15)17(22)19-11-12-6-2-1-3-7-12/h1-10H,11H2,(H,19,22)(H,20,21). The lowest BCUT2D eigenvalue weighted by Gasteiger charge is -2.03. The molecule has 0 saturated heterocycles. The van der Waals surface area contributed by atoms with Gasteiger partial charge >= 0.3 is 0 Å². The molecular weight excluding hydrogens is 298 g/mol. The van der Waals surface area contributed by atoms with Crippen LogP contribution < -0.4 is 5.32 Å². The second-order valence-electron chi connectivity index (χ2n) is 4.81. The van der Waals surface area contributed by atoms with E-state index >= 15 is 0 Å². The van der Waals surface area contributed by atoms with Gasteiger partial charge in [0.2, 0.25) is 0 Å². The first-order chi connectivity index (χ1) is 10.7. The Morgan fingerprint density at radius 2 is 1.82 bits per heavy atom. The van der Waals surface area contributed by atoms with Crippen molar-refractivity contribution in [2.75, 3.05) is 0 Å². The van der Waals surface area contributed by atoms with Gasteiger partial charge < -0.3 is 5.32 Å². The molecule has 1 aromatic heterocycles. The van der Waals surface area contributed by atoms with Crippen molar-refractivity contribution in [1.82, 2.24) is 15.5 Å². The van der Waals surface area contributed by atoms with E-state index in [0.717, 1.165) is 11.1 Å². The van der Waals surface area contributed by atoms with Gasteiger partial charge in [-0.3, -0.25) is 9.89 Å². The molecule has 1 heterocycles. The zero-order valence-corrected chi connectivity index (χ0v) is 12.5. The van der Waals surface area contributed by atoms with Crippen molar-refractivity contribution < 1.29 is 4.79 Å². The average molecular weight is 312 g/mol. The highest BCUT2D eigenvalue weighted by atomic mass is 35.5. The van der Waals surface area contributed by atoms with E-state index < -0.39 is 0 Å². The van der Waals surface area contributed by atoms with E-state index in [4.69, 9.17) is 11.6 Å². The Hall–Kier alpha value is -2.59. The minimum atomic E-state index is -0.199. The summed E-state index contributed by atoms with van der Waals surface area (Å²) >= 11 is 6.13. The molecule has 22 heavy (non-hydrogen) atoms. The van der Waals surface area contributed by atoms with Crippen LogP contribution in [0.5, 0.6) is 0 Å². The molecule has 0 aliphatic heterocycles. The summed E-state index contributed by atoms with van der Waals surface area (Å²) in [6.45, 7) is 0.472. The first-order valence-electron chi connectivity index (χ1n) is 6.86. The molecule has 0 bridgehead atoms. The molecular formula is C17H14ClN3O. The van der Waals surface area contributed by atoms with Crippen LogP contribution in [-0.2, 0) is 6.54 Å². The first kappa shape index (κ1) is 14.4. The molecule has 3 aromatic rings. The number of carbonyl (C=O) groups is 1. The molecule has 0 aliphatic carbocycles. The summed E-state index contributed by atoms with van der Waals surface area (Å²) in [7, 11) is 0. The molecule has 1 amide bonds. The van der Waals surface area contributed by atoms with Crippen LogP contribution in [0.25, 0.3) is 11.3 Å². The maximum atomic E-state index is 12.1. The Morgan fingerprint density at radius 1 is 1.09 bits per heavy atom. The normalized spacial score (nSPS) is 10.4. The van der Waals surface area contributed by atoms with E-state index in [1.807, 2.05) is 48.5 Å². The molecule has 0 atom stereocenters. The predicted molar refractivity (Wildman–Crippen MR) is 86.6 cm³/mol. The van der Waals surface area contributed by atoms with E-state index in [1.54, 1.807) is 12.1 Å². The van der Waals surface area contributed by atoms with Gasteiger partial charge in [-0.2, -0.15) is 5.10 Å². The van der Waals surface area contributed by atoms with Crippen molar-refractivity contribution in [2.45, 2.75) is 6.54 Å². The Balaban J connectivity index is 1.71. The fourth-order valence-corrected chi connectivity index (χ4v) is 2.35. The highest BCUT2D eigenvalue weighted by Crippen LogP contribution is 2.26. The molecule has 0 fully saturated rings. The second kappa shape index (κ2) is 6.45. The number of H-pyrrole nitrogens is 1. The molecule has 5 heteroatoms. The van der Waals surface area contributed by atoms with E-state index in [1.165, 1.54) is 0 Å². The Bertz CT molecular complexity index is 783. The number of hydrogen-bond donors (Lipinski definition) is 2. The summed E-state index contributed by atoms with van der Waals surface area (Å²) in [6, 6.07) is 18.8. The molecule has 2 N–H and O–H groups in total. The Labute approximate surface area is 133 Å². The lowest BCUT2D eigenvalue weighted by molar-refractivity contribution is 0.0946. The van der Waals surface area contributed by atoms with Gasteiger partial charge in [-0.1, -0.05) is 60.1 Å². The zero-order chi connectivity index (χ0) is 15.4. The van der Waals surface area contributed by atoms with Crippen LogP contribution in [-0.4, -0.2) is 16.1 Å². The van der Waals surface area contributed by atoms with Gasteiger partial charge in [0.05, 0.1) is 10.7 Å². The molecule has 4 nitrogen and oxygen atoms in total. The van der Waals surface area contributed by atoms with E-state index in [0.29, 0.717) is 23.0 Å². The van der Waals surface area contributed by atoms with Gasteiger partial charge in [0.25, 0.3) is 5.91 Å². The van der Waals surface area contributed by atoms with Crippen LogP contribution in [0.2, 0.25) is 5.02 Å². The fraction of sp³-hybridized carbons (Fsp3) is 0.0588. The van der Waals surface area contributed by atoms with Gasteiger partial charge in [-0.25, -0.2) is 0 Å². The average Bonchev–Trinajstić information content (AvgIpc) is 3.04. The highest BCUT2D eigenvalue weighted by Gasteiger charge is 2.12. The minimum absolute atomic E-state index is 0.199. The summed E-state index contributed by atoms with van der Waals surface area (Å²) in [5.41, 5.74) is 2.89. The third kappa shape index (κ3) is 3.18. The van der Waals surface area contributed by atoms with Crippen molar-refractivity contribution in [2.24, 2.45) is 0 Å². The zero-order valence-electron chi connectivity index (χ0n) is 11.7. The minimum Gasteiger partial charge on any atom is -0.347 e. The number of hydrogen-bond acceptors (Lipinski definition) is 2. The number of carbonyl (C=O) groups excluding carboxylic acids is 1. The van der Waals surface area contributed by atoms with Crippen molar-refractivity contribution in [3.05, 3.63) is 76.9 Å². The van der Waals surface area contributed by atoms with E-state index in [9.17, 15) is 4.79 Å². The third-order valence-corrected chi connectivity index (χ3v) is 3.60. The molecule has 0 saturated carbocycles. The molecule has 0 radical (unpaired) electrons. The first-order valence-corrected chi connectivity index (χ1v) is 7.24. The summed E-state index contributed by atoms with van der Waals surface area (Å²) in [6.07, 6.45) is 0. The van der Waals surface area contributed by atoms with Gasteiger partial charge in [-0.05, 0) is 17.7 Å². The summed E-state index contributed by atoms with van der Waals surface area (Å²) in [5, 5.41) is 10.4. The molecule has 0 spiro atoms. The van der Waals surface area contributed by atoms with Crippen molar-refractivity contribution in [1.29, 1.82) is 0 Å². The van der Waals surface area contributed by atoms with E-state index in [2.05, 4.69) is 15.5 Å². The monoisotopic (exact) mass is 311 g/mol. The predicted octanol–water partition coefficient (Wildman–Crippen LogP) is 3.66. The topological polar surface area (TPSA) is 57.8 Å². The number of nitrogens with zero attached hydrogens (tertiary/aromatic N) is 1. The van der Waals surface area contributed by atoms with Gasteiger partial charge in [0, 0.05) is 12.1 Å². The van der Waals surface area contributed by atoms with Crippen LogP contribution in [0.15, 0.2) is 60.7 Å². The molecule has 3 rings (SSSR count). The van der Waals surface area contributed by atoms with Crippen LogP contribution in [0.3, 0.4) is 0 Å². The molecule has 0 aliphatic rings. The maximum absolute atomic E-state index is 12.1. The van der Waals surface area contributed by atoms with Crippen molar-refractivity contribution >= 4 is 17.5 Å². The molecule has 0 unspecified atom stereocenters. The smallest absolute Gasteiger partial charge is 0.269 e. The second-order valence-corrected chi connectivity index (χ2v) is 5.22. The number of rotatable bonds is 4. The lowest BCUT2D eigenvalue weighted by atomic mass is 10.1. The van der Waals surface area contributed by atoms with Gasteiger partial charge in [-0.15, -0.1) is 0 Å². The number of aromatic nitrogens is 2. The van der Waals surface area contributed by atoms with Crippen LogP contribution in [0.4, 0.5) is 0 Å². The molecule has 110 valence electrons. The number of nitrogens with one attached hydrogen (secondary N) is 2. The van der Waals surface area contributed by atoms with Gasteiger partial charge in [0.1, 0.15) is 5.69 Å².